The molecule has 61 heavy (non-hydrogen) atoms. The van der Waals surface area contributed by atoms with Gasteiger partial charge in [-0.15, -0.1) is 0 Å². The fourth-order valence-electron chi connectivity index (χ4n) is 10.2. The van der Waals surface area contributed by atoms with Crippen LogP contribution in [-0.2, 0) is 5.41 Å². The Balaban J connectivity index is 1.00. The van der Waals surface area contributed by atoms with Crippen molar-refractivity contribution >= 4 is 11.1 Å². The molecule has 0 saturated carbocycles. The number of hydrogen-bond donors (Lipinski definition) is 0. The second-order valence-corrected chi connectivity index (χ2v) is 16.3. The number of fused-ring (bicyclic) bond motifs is 6. The van der Waals surface area contributed by atoms with Gasteiger partial charge in [0.05, 0.1) is 5.41 Å². The van der Waals surface area contributed by atoms with Crippen LogP contribution in [0.3, 0.4) is 0 Å². The molecule has 4 aliphatic rings. The van der Waals surface area contributed by atoms with Crippen molar-refractivity contribution in [1.82, 2.24) is 0 Å². The van der Waals surface area contributed by atoms with Gasteiger partial charge in [-0.2, -0.15) is 0 Å². The van der Waals surface area contributed by atoms with Crippen LogP contribution in [0.2, 0.25) is 0 Å². The van der Waals surface area contributed by atoms with Gasteiger partial charge in [0.2, 0.25) is 0 Å². The molecular formula is C59H44O2. The van der Waals surface area contributed by atoms with Crippen LogP contribution in [0, 0.1) is 5.92 Å². The lowest BCUT2D eigenvalue weighted by Crippen LogP contribution is -2.35. The quantitative estimate of drug-likeness (QED) is 0.143. The lowest BCUT2D eigenvalue weighted by atomic mass is 9.62. The molecule has 1 aliphatic heterocycles. The Morgan fingerprint density at radius 2 is 1.26 bits per heavy atom. The number of para-hydroxylation sites is 1. The second kappa shape index (κ2) is 15.3. The molecule has 0 fully saturated rings. The van der Waals surface area contributed by atoms with Crippen molar-refractivity contribution in [1.29, 1.82) is 0 Å². The molecular weight excluding hydrogens is 741 g/mol. The maximum absolute atomic E-state index is 7.12. The van der Waals surface area contributed by atoms with Gasteiger partial charge >= 0.3 is 0 Å². The molecule has 0 bridgehead atoms. The first kappa shape index (κ1) is 36.6. The average molecular weight is 785 g/mol. The topological polar surface area (TPSA) is 18.5 Å². The van der Waals surface area contributed by atoms with Gasteiger partial charge in [-0.05, 0) is 98.3 Å². The second-order valence-electron chi connectivity index (χ2n) is 16.3. The fourth-order valence-corrected chi connectivity index (χ4v) is 10.2. The predicted octanol–water partition coefficient (Wildman–Crippen LogP) is 15.5. The van der Waals surface area contributed by atoms with E-state index in [1.165, 1.54) is 33.4 Å². The third kappa shape index (κ3) is 6.18. The Kier molecular flexibility index (Phi) is 9.20. The summed E-state index contributed by atoms with van der Waals surface area (Å²) in [6.07, 6.45) is 20.6. The van der Waals surface area contributed by atoms with Crippen LogP contribution in [0.4, 0.5) is 0 Å². The van der Waals surface area contributed by atoms with Gasteiger partial charge in [0, 0.05) is 23.0 Å². The third-order valence-electron chi connectivity index (χ3n) is 12.9. The Morgan fingerprint density at radius 3 is 2.08 bits per heavy atom. The minimum Gasteiger partial charge on any atom is -0.449 e. The minimum atomic E-state index is -0.367. The molecule has 0 spiro atoms. The molecule has 292 valence electrons. The van der Waals surface area contributed by atoms with Crippen molar-refractivity contribution in [3.8, 4) is 45.3 Å². The SMILES string of the molecule is C=C(/C=C(/c1ccccc1)c1cccc(-c2ccccc2)c1)c1ccccc1-c1cccc2c1Oc1ccc3c(c1O2)C1C=CC=CC1C3(C1=CCCC=C1)c1ccccc1. The number of ether oxygens (including phenoxy) is 2. The van der Waals surface area contributed by atoms with Gasteiger partial charge in [-0.3, -0.25) is 0 Å². The first-order valence-electron chi connectivity index (χ1n) is 21.3. The van der Waals surface area contributed by atoms with Crippen molar-refractivity contribution in [2.45, 2.75) is 24.2 Å². The van der Waals surface area contributed by atoms with Gasteiger partial charge in [-0.1, -0.05) is 201 Å². The Labute approximate surface area is 358 Å². The summed E-state index contributed by atoms with van der Waals surface area (Å²) >= 11 is 0. The van der Waals surface area contributed by atoms with Crippen molar-refractivity contribution in [2.75, 3.05) is 0 Å². The molecule has 7 aromatic carbocycles. The van der Waals surface area contributed by atoms with Crippen LogP contribution in [0.15, 0.2) is 231 Å². The lowest BCUT2D eigenvalue weighted by Gasteiger charge is -2.40. The number of benzene rings is 7. The first-order valence-corrected chi connectivity index (χ1v) is 21.3. The summed E-state index contributed by atoms with van der Waals surface area (Å²) in [5.41, 5.74) is 14.4. The maximum atomic E-state index is 7.12. The van der Waals surface area contributed by atoms with E-state index < -0.39 is 0 Å². The van der Waals surface area contributed by atoms with Crippen LogP contribution >= 0.6 is 0 Å². The first-order chi connectivity index (χ1) is 30.2. The Bertz CT molecular complexity index is 2980. The van der Waals surface area contributed by atoms with E-state index in [1.54, 1.807) is 0 Å². The molecule has 1 heterocycles. The van der Waals surface area contributed by atoms with E-state index in [0.717, 1.165) is 63.3 Å². The number of allylic oxidation sites excluding steroid dienone is 10. The lowest BCUT2D eigenvalue weighted by molar-refractivity contribution is 0.356. The standard InChI is InChI=1S/C59H44O2/c1-40(38-51(42-22-8-3-9-23-42)44-25-18-24-43(39-44)41-20-6-2-7-21-41)47-30-14-15-31-48(47)49-33-19-35-54-57(49)60-55-37-36-53-56(58(55)61-54)50-32-16-17-34-52(50)59(53,45-26-10-4-11-27-45)46-28-12-5-13-29-46/h2-4,6-12,14-39,50,52H,1,5,13H2/b51-38-. The van der Waals surface area contributed by atoms with Crippen LogP contribution in [0.1, 0.15) is 52.1 Å². The van der Waals surface area contributed by atoms with E-state index in [4.69, 9.17) is 16.1 Å². The van der Waals surface area contributed by atoms with Crippen LogP contribution in [0.25, 0.3) is 33.4 Å². The van der Waals surface area contributed by atoms with E-state index in [-0.39, 0.29) is 17.3 Å². The zero-order chi connectivity index (χ0) is 40.8. The van der Waals surface area contributed by atoms with Crippen molar-refractivity contribution in [2.24, 2.45) is 5.92 Å². The molecule has 3 unspecified atom stereocenters. The van der Waals surface area contributed by atoms with E-state index in [2.05, 4.69) is 212 Å². The maximum Gasteiger partial charge on any atom is 0.177 e. The predicted molar refractivity (Wildman–Crippen MR) is 251 cm³/mol. The highest BCUT2D eigenvalue weighted by Gasteiger charge is 2.55. The molecule has 11 rings (SSSR count). The zero-order valence-electron chi connectivity index (χ0n) is 33.9. The molecule has 0 saturated heterocycles. The summed E-state index contributed by atoms with van der Waals surface area (Å²) in [6.45, 7) is 4.72. The average Bonchev–Trinajstić information content (AvgIpc) is 3.65. The summed E-state index contributed by atoms with van der Waals surface area (Å²) in [6, 6.07) is 60.1. The largest absolute Gasteiger partial charge is 0.449 e. The molecule has 0 radical (unpaired) electrons. The van der Waals surface area contributed by atoms with Gasteiger partial charge in [0.15, 0.2) is 23.0 Å². The normalized spacial score (nSPS) is 19.4. The van der Waals surface area contributed by atoms with Crippen LogP contribution in [0.5, 0.6) is 23.0 Å². The van der Waals surface area contributed by atoms with Crippen LogP contribution in [-0.4, -0.2) is 0 Å². The van der Waals surface area contributed by atoms with Gasteiger partial charge in [0.25, 0.3) is 0 Å². The van der Waals surface area contributed by atoms with Crippen molar-refractivity contribution in [3.05, 3.63) is 264 Å². The molecule has 7 aromatic rings. The molecule has 0 amide bonds. The monoisotopic (exact) mass is 784 g/mol. The Morgan fingerprint density at radius 1 is 0.590 bits per heavy atom. The van der Waals surface area contributed by atoms with Crippen molar-refractivity contribution in [3.63, 3.8) is 0 Å². The van der Waals surface area contributed by atoms with E-state index in [9.17, 15) is 0 Å². The highest BCUT2D eigenvalue weighted by Crippen LogP contribution is 2.65. The molecule has 3 aliphatic carbocycles. The van der Waals surface area contributed by atoms with E-state index >= 15 is 0 Å². The molecule has 0 aromatic heterocycles. The highest BCUT2D eigenvalue weighted by atomic mass is 16.6. The molecule has 2 nitrogen and oxygen atoms in total. The van der Waals surface area contributed by atoms with Crippen LogP contribution < -0.4 is 9.47 Å². The summed E-state index contributed by atoms with van der Waals surface area (Å²) in [4.78, 5) is 0. The summed E-state index contributed by atoms with van der Waals surface area (Å²) in [7, 11) is 0. The van der Waals surface area contributed by atoms with Crippen molar-refractivity contribution < 1.29 is 9.47 Å². The summed E-state index contributed by atoms with van der Waals surface area (Å²) in [5, 5.41) is 0. The smallest absolute Gasteiger partial charge is 0.177 e. The zero-order valence-corrected chi connectivity index (χ0v) is 33.9. The van der Waals surface area contributed by atoms with E-state index in [0.29, 0.717) is 11.5 Å². The van der Waals surface area contributed by atoms with Gasteiger partial charge in [0.1, 0.15) is 0 Å². The van der Waals surface area contributed by atoms with Gasteiger partial charge < -0.3 is 9.47 Å². The third-order valence-corrected chi connectivity index (χ3v) is 12.9. The molecule has 3 atom stereocenters. The highest BCUT2D eigenvalue weighted by molar-refractivity contribution is 5.95. The van der Waals surface area contributed by atoms with Gasteiger partial charge in [-0.25, -0.2) is 0 Å². The molecule has 0 N–H and O–H groups in total. The fraction of sp³-hybridized carbons (Fsp3) is 0.0847. The summed E-state index contributed by atoms with van der Waals surface area (Å²) < 4.78 is 14.2. The number of rotatable bonds is 8. The summed E-state index contributed by atoms with van der Waals surface area (Å²) in [5.74, 6) is 3.25. The van der Waals surface area contributed by atoms with E-state index in [1.807, 2.05) is 6.07 Å². The number of hydrogen-bond acceptors (Lipinski definition) is 2. The minimum absolute atomic E-state index is 0.114. The Hall–Kier alpha value is -7.42. The molecule has 2 heteroatoms.